The molecule has 3 aromatic rings. The molecule has 2 aromatic carbocycles. The van der Waals surface area contributed by atoms with Gasteiger partial charge in [-0.1, -0.05) is 11.6 Å². The smallest absolute Gasteiger partial charge is 0.227 e. The van der Waals surface area contributed by atoms with Crippen LogP contribution in [0.4, 0.5) is 10.1 Å². The average molecular weight is 473 g/mol. The molecule has 1 aliphatic carbocycles. The number of amides is 1. The van der Waals surface area contributed by atoms with Crippen molar-refractivity contribution >= 4 is 39.9 Å². The molecule has 6 nitrogen and oxygen atoms in total. The summed E-state index contributed by atoms with van der Waals surface area (Å²) < 4.78 is 21.0. The van der Waals surface area contributed by atoms with E-state index in [1.54, 1.807) is 21.0 Å². The number of nitrogens with zero attached hydrogens (tertiary/aromatic N) is 1. The van der Waals surface area contributed by atoms with Crippen LogP contribution in [0.5, 0.6) is 5.75 Å². The van der Waals surface area contributed by atoms with Gasteiger partial charge in [0.05, 0.1) is 23.4 Å². The number of ether oxygens (including phenoxy) is 1. The van der Waals surface area contributed by atoms with E-state index in [9.17, 15) is 19.1 Å². The Morgan fingerprint density at radius 3 is 2.64 bits per heavy atom. The number of hydrogen-bond donors (Lipinski definition) is 2. The molecule has 0 bridgehead atoms. The van der Waals surface area contributed by atoms with Crippen molar-refractivity contribution in [1.29, 1.82) is 0 Å². The van der Waals surface area contributed by atoms with Crippen molar-refractivity contribution in [2.24, 2.45) is 13.0 Å². The molecule has 0 aliphatic heterocycles. The molecule has 1 amide bonds. The number of halogens is 2. The molecule has 2 unspecified atom stereocenters. The number of fused-ring (bicyclic) bond motifs is 1. The van der Waals surface area contributed by atoms with Gasteiger partial charge in [0.25, 0.3) is 0 Å². The highest BCUT2D eigenvalue weighted by atomic mass is 35.5. The van der Waals surface area contributed by atoms with Gasteiger partial charge < -0.3 is 19.7 Å². The van der Waals surface area contributed by atoms with Crippen molar-refractivity contribution in [3.8, 4) is 5.75 Å². The first kappa shape index (κ1) is 23.3. The van der Waals surface area contributed by atoms with Crippen LogP contribution in [0.1, 0.15) is 43.9 Å². The maximum Gasteiger partial charge on any atom is 0.227 e. The molecular weight excluding hydrogens is 447 g/mol. The minimum absolute atomic E-state index is 0.0327. The Bertz CT molecular complexity index is 1260. The second-order valence-electron chi connectivity index (χ2n) is 9.04. The minimum atomic E-state index is -1.21. The number of carbonyl (C=O) groups excluding carboxylic acids is 2. The zero-order valence-corrected chi connectivity index (χ0v) is 19.7. The van der Waals surface area contributed by atoms with E-state index in [0.717, 1.165) is 22.5 Å². The molecule has 2 atom stereocenters. The van der Waals surface area contributed by atoms with Crippen molar-refractivity contribution in [3.63, 3.8) is 0 Å². The van der Waals surface area contributed by atoms with Crippen molar-refractivity contribution in [3.05, 3.63) is 58.5 Å². The third-order valence-corrected chi connectivity index (χ3v) is 6.59. The number of carbonyl (C=O) groups is 2. The van der Waals surface area contributed by atoms with Crippen LogP contribution in [0, 0.1) is 11.7 Å². The lowest BCUT2D eigenvalue weighted by molar-refractivity contribution is -0.123. The Morgan fingerprint density at radius 2 is 2.00 bits per heavy atom. The number of methoxy groups -OCH3 is 1. The standard InChI is InChI=1S/C25H26ClFN2O4/c1-25(2,32)23-22(16-12-15(33-4)6-8-20(16)29(23)3)17-9-13(10-21(17)30)24(31)28-14-5-7-18(26)19(27)11-14/h5-8,11-13,17,32H,9-10H2,1-4H3,(H,28,31). The van der Waals surface area contributed by atoms with E-state index >= 15 is 0 Å². The van der Waals surface area contributed by atoms with Crippen LogP contribution in [0.2, 0.25) is 5.02 Å². The second kappa shape index (κ2) is 8.47. The molecule has 8 heteroatoms. The Morgan fingerprint density at radius 1 is 1.27 bits per heavy atom. The van der Waals surface area contributed by atoms with E-state index in [2.05, 4.69) is 5.32 Å². The van der Waals surface area contributed by atoms with Gasteiger partial charge in [-0.05, 0) is 62.2 Å². The molecular formula is C25H26ClFN2O4. The largest absolute Gasteiger partial charge is 0.497 e. The van der Waals surface area contributed by atoms with Crippen LogP contribution in [-0.4, -0.2) is 28.5 Å². The number of aryl methyl sites for hydroxylation is 1. The lowest BCUT2D eigenvalue weighted by Gasteiger charge is -2.23. The summed E-state index contributed by atoms with van der Waals surface area (Å²) in [6.07, 6.45) is 0.359. The lowest BCUT2D eigenvalue weighted by Crippen LogP contribution is -2.23. The molecule has 0 saturated heterocycles. The molecule has 0 spiro atoms. The number of aromatic nitrogens is 1. The summed E-state index contributed by atoms with van der Waals surface area (Å²) in [6.45, 7) is 3.36. The fourth-order valence-corrected chi connectivity index (χ4v) is 4.97. The summed E-state index contributed by atoms with van der Waals surface area (Å²) in [4.78, 5) is 26.0. The highest BCUT2D eigenvalue weighted by molar-refractivity contribution is 6.30. The number of Topliss-reactive ketones (excluding diaryl/α,β-unsaturated/α-hetero) is 1. The van der Waals surface area contributed by atoms with Gasteiger partial charge in [-0.15, -0.1) is 0 Å². The van der Waals surface area contributed by atoms with Gasteiger partial charge in [0, 0.05) is 41.9 Å². The predicted octanol–water partition coefficient (Wildman–Crippen LogP) is 4.91. The summed E-state index contributed by atoms with van der Waals surface area (Å²) in [5, 5.41) is 14.4. The van der Waals surface area contributed by atoms with Gasteiger partial charge in [-0.25, -0.2) is 4.39 Å². The van der Waals surface area contributed by atoms with Crippen molar-refractivity contribution in [2.75, 3.05) is 12.4 Å². The number of rotatable bonds is 5. The number of anilines is 1. The maximum absolute atomic E-state index is 13.7. The molecule has 2 N–H and O–H groups in total. The SMILES string of the molecule is COc1ccc2c(c1)c(C1CC(C(=O)Nc3ccc(Cl)c(F)c3)CC1=O)c(C(C)(C)O)n2C. The normalized spacial score (nSPS) is 18.7. The first-order valence-corrected chi connectivity index (χ1v) is 11.1. The predicted molar refractivity (Wildman–Crippen MR) is 125 cm³/mol. The first-order valence-electron chi connectivity index (χ1n) is 10.7. The molecule has 1 saturated carbocycles. The zero-order chi connectivity index (χ0) is 24.1. The molecule has 1 fully saturated rings. The van der Waals surface area contributed by atoms with Crippen molar-refractivity contribution in [1.82, 2.24) is 4.57 Å². The van der Waals surface area contributed by atoms with Crippen LogP contribution in [0.25, 0.3) is 10.9 Å². The van der Waals surface area contributed by atoms with Crippen LogP contribution in [0.3, 0.4) is 0 Å². The van der Waals surface area contributed by atoms with Crippen molar-refractivity contribution < 1.29 is 23.8 Å². The van der Waals surface area contributed by atoms with E-state index in [4.69, 9.17) is 16.3 Å². The van der Waals surface area contributed by atoms with Crippen LogP contribution in [-0.2, 0) is 22.2 Å². The Kier molecular flexibility index (Phi) is 5.97. The minimum Gasteiger partial charge on any atom is -0.497 e. The summed E-state index contributed by atoms with van der Waals surface area (Å²) >= 11 is 5.71. The van der Waals surface area contributed by atoms with Crippen LogP contribution in [0.15, 0.2) is 36.4 Å². The third-order valence-electron chi connectivity index (χ3n) is 6.29. The number of ketones is 1. The van der Waals surface area contributed by atoms with Gasteiger partial charge in [-0.3, -0.25) is 9.59 Å². The molecule has 4 rings (SSSR count). The summed E-state index contributed by atoms with van der Waals surface area (Å²) in [6, 6.07) is 9.62. The molecule has 1 aromatic heterocycles. The lowest BCUT2D eigenvalue weighted by atomic mass is 9.88. The zero-order valence-electron chi connectivity index (χ0n) is 18.9. The first-order chi connectivity index (χ1) is 15.5. The van der Waals surface area contributed by atoms with E-state index in [1.165, 1.54) is 12.1 Å². The highest BCUT2D eigenvalue weighted by Gasteiger charge is 2.42. The molecule has 174 valence electrons. The third kappa shape index (κ3) is 4.23. The number of hydrogen-bond acceptors (Lipinski definition) is 4. The number of aliphatic hydroxyl groups is 1. The maximum atomic E-state index is 13.7. The summed E-state index contributed by atoms with van der Waals surface area (Å²) in [5.74, 6) is -1.54. The van der Waals surface area contributed by atoms with Crippen LogP contribution >= 0.6 is 11.6 Å². The number of nitrogens with one attached hydrogen (secondary N) is 1. The van der Waals surface area contributed by atoms with E-state index in [0.29, 0.717) is 17.9 Å². The quantitative estimate of drug-likeness (QED) is 0.553. The van der Waals surface area contributed by atoms with Gasteiger partial charge in [0.2, 0.25) is 5.91 Å². The summed E-state index contributed by atoms with van der Waals surface area (Å²) in [7, 11) is 3.42. The Balaban J connectivity index is 1.70. The van der Waals surface area contributed by atoms with E-state index < -0.39 is 23.3 Å². The van der Waals surface area contributed by atoms with E-state index in [1.807, 2.05) is 29.8 Å². The number of benzene rings is 2. The molecule has 1 heterocycles. The average Bonchev–Trinajstić information content (AvgIpc) is 3.27. The highest BCUT2D eigenvalue weighted by Crippen LogP contribution is 2.45. The molecule has 0 radical (unpaired) electrons. The van der Waals surface area contributed by atoms with Gasteiger partial charge in [0.15, 0.2) is 0 Å². The fourth-order valence-electron chi connectivity index (χ4n) is 4.85. The Hall–Kier alpha value is -2.90. The van der Waals surface area contributed by atoms with Gasteiger partial charge >= 0.3 is 0 Å². The summed E-state index contributed by atoms with van der Waals surface area (Å²) in [5.41, 5.74) is 1.28. The Labute approximate surface area is 196 Å². The second-order valence-corrected chi connectivity index (χ2v) is 9.44. The fraction of sp³-hybridized carbons (Fsp3) is 0.360. The van der Waals surface area contributed by atoms with Crippen molar-refractivity contribution in [2.45, 2.75) is 38.2 Å². The molecule has 1 aliphatic rings. The van der Waals surface area contributed by atoms with Crippen LogP contribution < -0.4 is 10.1 Å². The monoisotopic (exact) mass is 472 g/mol. The van der Waals surface area contributed by atoms with Gasteiger partial charge in [0.1, 0.15) is 17.3 Å². The molecule has 33 heavy (non-hydrogen) atoms. The topological polar surface area (TPSA) is 80.6 Å². The van der Waals surface area contributed by atoms with Gasteiger partial charge in [-0.2, -0.15) is 0 Å². The van der Waals surface area contributed by atoms with E-state index in [-0.39, 0.29) is 28.8 Å².